The average molecular weight is 346 g/mol. The lowest BCUT2D eigenvalue weighted by molar-refractivity contribution is 0.0288. The van der Waals surface area contributed by atoms with Crippen LogP contribution in [0, 0.1) is 5.92 Å². The second-order valence-electron chi connectivity index (χ2n) is 6.37. The minimum absolute atomic E-state index is 0.113. The topological polar surface area (TPSA) is 75.7 Å². The largest absolute Gasteiger partial charge is 0.444 e. The van der Waals surface area contributed by atoms with Crippen LogP contribution in [0.1, 0.15) is 27.2 Å². The second kappa shape index (κ2) is 6.55. The Balaban J connectivity index is 1.83. The maximum absolute atomic E-state index is 12.0. The van der Waals surface area contributed by atoms with Gasteiger partial charge in [0.25, 0.3) is 0 Å². The molecule has 1 atom stereocenters. The lowest BCUT2D eigenvalue weighted by Gasteiger charge is -2.24. The van der Waals surface area contributed by atoms with Gasteiger partial charge in [0, 0.05) is 19.6 Å². The van der Waals surface area contributed by atoms with Gasteiger partial charge >= 0.3 is 6.09 Å². The number of carbonyl (C=O) groups is 1. The minimum Gasteiger partial charge on any atom is -0.444 e. The van der Waals surface area contributed by atoms with E-state index in [0.717, 1.165) is 6.42 Å². The number of hydrogen-bond donors (Lipinski definition) is 1. The summed E-state index contributed by atoms with van der Waals surface area (Å²) >= 11 is 1.19. The Labute approximate surface area is 135 Å². The molecule has 0 bridgehead atoms. The Hall–Kier alpha value is -1.12. The highest BCUT2D eigenvalue weighted by Crippen LogP contribution is 2.20. The van der Waals surface area contributed by atoms with E-state index in [0.29, 0.717) is 23.8 Å². The highest BCUT2D eigenvalue weighted by Gasteiger charge is 2.30. The van der Waals surface area contributed by atoms with Crippen molar-refractivity contribution in [2.75, 3.05) is 19.6 Å². The molecule has 0 aromatic carbocycles. The highest BCUT2D eigenvalue weighted by atomic mass is 32.2. The molecule has 1 aliphatic rings. The fourth-order valence-corrected chi connectivity index (χ4v) is 4.36. The minimum atomic E-state index is -3.44. The van der Waals surface area contributed by atoms with Crippen LogP contribution < -0.4 is 4.72 Å². The number of thiophene rings is 1. The van der Waals surface area contributed by atoms with Crippen LogP contribution in [0.15, 0.2) is 21.7 Å². The van der Waals surface area contributed by atoms with Crippen LogP contribution in [0.3, 0.4) is 0 Å². The van der Waals surface area contributed by atoms with Gasteiger partial charge in [-0.15, -0.1) is 11.3 Å². The number of amides is 1. The standard InChI is InChI=1S/C14H22N2O4S2/c1-14(2,3)20-13(17)16-7-6-11(10-16)9-15-22(18,19)12-5-4-8-21-12/h4-5,8,11,15H,6-7,9-10H2,1-3H3. The molecule has 1 aliphatic heterocycles. The van der Waals surface area contributed by atoms with Crippen LogP contribution in [0.4, 0.5) is 4.79 Å². The van der Waals surface area contributed by atoms with E-state index in [9.17, 15) is 13.2 Å². The number of likely N-dealkylation sites (tertiary alicyclic amines) is 1. The zero-order valence-corrected chi connectivity index (χ0v) is 14.7. The van der Waals surface area contributed by atoms with Gasteiger partial charge in [-0.25, -0.2) is 17.9 Å². The molecule has 1 N–H and O–H groups in total. The van der Waals surface area contributed by atoms with Crippen LogP contribution >= 0.6 is 11.3 Å². The van der Waals surface area contributed by atoms with Crippen molar-refractivity contribution in [1.82, 2.24) is 9.62 Å². The third-order valence-corrected chi connectivity index (χ3v) is 6.08. The second-order valence-corrected chi connectivity index (χ2v) is 9.31. The molecule has 0 aliphatic carbocycles. The summed E-state index contributed by atoms with van der Waals surface area (Å²) in [6, 6.07) is 3.29. The molecule has 1 fully saturated rings. The van der Waals surface area contributed by atoms with E-state index in [-0.39, 0.29) is 12.0 Å². The van der Waals surface area contributed by atoms with E-state index in [4.69, 9.17) is 4.74 Å². The SMILES string of the molecule is CC(C)(C)OC(=O)N1CCC(CNS(=O)(=O)c2cccs2)C1. The summed E-state index contributed by atoms with van der Waals surface area (Å²) in [5, 5.41) is 1.73. The van der Waals surface area contributed by atoms with Crippen molar-refractivity contribution >= 4 is 27.5 Å². The fraction of sp³-hybridized carbons (Fsp3) is 0.643. The molecule has 2 rings (SSSR count). The van der Waals surface area contributed by atoms with Crippen LogP contribution in [0.25, 0.3) is 0 Å². The van der Waals surface area contributed by atoms with Crippen LogP contribution in [-0.2, 0) is 14.8 Å². The lowest BCUT2D eigenvalue weighted by atomic mass is 10.1. The van der Waals surface area contributed by atoms with Crippen molar-refractivity contribution < 1.29 is 17.9 Å². The Bertz CT molecular complexity index is 605. The van der Waals surface area contributed by atoms with Crippen molar-refractivity contribution in [3.63, 3.8) is 0 Å². The number of hydrogen-bond acceptors (Lipinski definition) is 5. The Morgan fingerprint density at radius 2 is 2.23 bits per heavy atom. The number of rotatable bonds is 4. The normalized spacial score (nSPS) is 19.4. The molecule has 1 amide bonds. The van der Waals surface area contributed by atoms with E-state index >= 15 is 0 Å². The Kier molecular flexibility index (Phi) is 5.14. The van der Waals surface area contributed by atoms with E-state index < -0.39 is 15.6 Å². The summed E-state index contributed by atoms with van der Waals surface area (Å²) < 4.78 is 32.3. The van der Waals surface area contributed by atoms with Crippen molar-refractivity contribution in [2.24, 2.45) is 5.92 Å². The van der Waals surface area contributed by atoms with E-state index in [1.807, 2.05) is 20.8 Å². The first-order valence-electron chi connectivity index (χ1n) is 7.18. The molecule has 0 radical (unpaired) electrons. The summed E-state index contributed by atoms with van der Waals surface area (Å²) in [5.41, 5.74) is -0.518. The predicted octanol–water partition coefficient (Wildman–Crippen LogP) is 2.28. The maximum Gasteiger partial charge on any atom is 0.410 e. The number of ether oxygens (including phenoxy) is 1. The molecule has 6 nitrogen and oxygen atoms in total. The predicted molar refractivity (Wildman–Crippen MR) is 85.4 cm³/mol. The van der Waals surface area contributed by atoms with Crippen molar-refractivity contribution in [2.45, 2.75) is 37.0 Å². The monoisotopic (exact) mass is 346 g/mol. The lowest BCUT2D eigenvalue weighted by Crippen LogP contribution is -2.36. The van der Waals surface area contributed by atoms with E-state index in [1.54, 1.807) is 22.4 Å². The van der Waals surface area contributed by atoms with Gasteiger partial charge in [-0.3, -0.25) is 0 Å². The summed E-state index contributed by atoms with van der Waals surface area (Å²) in [5.74, 6) is 0.113. The van der Waals surface area contributed by atoms with Gasteiger partial charge in [-0.2, -0.15) is 0 Å². The van der Waals surface area contributed by atoms with Gasteiger partial charge < -0.3 is 9.64 Å². The van der Waals surface area contributed by atoms with Crippen molar-refractivity contribution in [3.05, 3.63) is 17.5 Å². The number of carbonyl (C=O) groups excluding carboxylic acids is 1. The van der Waals surface area contributed by atoms with Crippen LogP contribution in [-0.4, -0.2) is 44.6 Å². The zero-order valence-electron chi connectivity index (χ0n) is 13.0. The molecule has 0 spiro atoms. The van der Waals surface area contributed by atoms with E-state index in [1.165, 1.54) is 11.3 Å². The molecule has 1 aromatic rings. The van der Waals surface area contributed by atoms with Crippen LogP contribution in [0.2, 0.25) is 0 Å². The molecule has 22 heavy (non-hydrogen) atoms. The summed E-state index contributed by atoms with van der Waals surface area (Å²) in [4.78, 5) is 13.6. The first-order valence-corrected chi connectivity index (χ1v) is 9.55. The number of sulfonamides is 1. The summed E-state index contributed by atoms with van der Waals surface area (Å²) in [6.07, 6.45) is 0.433. The van der Waals surface area contributed by atoms with Crippen molar-refractivity contribution in [3.8, 4) is 0 Å². The Morgan fingerprint density at radius 3 is 2.82 bits per heavy atom. The van der Waals surface area contributed by atoms with Crippen LogP contribution in [0.5, 0.6) is 0 Å². The third-order valence-electron chi connectivity index (χ3n) is 3.26. The van der Waals surface area contributed by atoms with Gasteiger partial charge in [0.1, 0.15) is 9.81 Å². The fourth-order valence-electron chi connectivity index (χ4n) is 2.21. The van der Waals surface area contributed by atoms with Gasteiger partial charge in [0.2, 0.25) is 10.0 Å². The number of nitrogens with zero attached hydrogens (tertiary/aromatic N) is 1. The molecule has 1 unspecified atom stereocenters. The van der Waals surface area contributed by atoms with Gasteiger partial charge in [0.05, 0.1) is 0 Å². The molecule has 124 valence electrons. The molecular weight excluding hydrogens is 324 g/mol. The molecule has 8 heteroatoms. The molecule has 0 saturated carbocycles. The van der Waals surface area contributed by atoms with Crippen molar-refractivity contribution in [1.29, 1.82) is 0 Å². The van der Waals surface area contributed by atoms with Gasteiger partial charge in [0.15, 0.2) is 0 Å². The first kappa shape index (κ1) is 17.2. The third kappa shape index (κ3) is 4.69. The smallest absolute Gasteiger partial charge is 0.410 e. The van der Waals surface area contributed by atoms with Gasteiger partial charge in [-0.05, 0) is 44.6 Å². The molecule has 1 aromatic heterocycles. The maximum atomic E-state index is 12.0. The molecule has 2 heterocycles. The average Bonchev–Trinajstić information content (AvgIpc) is 3.06. The summed E-state index contributed by atoms with van der Waals surface area (Å²) in [7, 11) is -3.44. The number of nitrogens with one attached hydrogen (secondary N) is 1. The van der Waals surface area contributed by atoms with Gasteiger partial charge in [-0.1, -0.05) is 6.07 Å². The molecule has 1 saturated heterocycles. The zero-order chi connectivity index (χ0) is 16.4. The first-order chi connectivity index (χ1) is 10.2. The Morgan fingerprint density at radius 1 is 1.50 bits per heavy atom. The highest BCUT2D eigenvalue weighted by molar-refractivity contribution is 7.91. The molecular formula is C14H22N2O4S2. The quantitative estimate of drug-likeness (QED) is 0.907. The summed E-state index contributed by atoms with van der Waals surface area (Å²) in [6.45, 7) is 6.93. The van der Waals surface area contributed by atoms with E-state index in [2.05, 4.69) is 4.72 Å².